The predicted octanol–water partition coefficient (Wildman–Crippen LogP) is 0.406. The van der Waals surface area contributed by atoms with E-state index in [2.05, 4.69) is 10.6 Å². The first kappa shape index (κ1) is 17.2. The van der Waals surface area contributed by atoms with Crippen molar-refractivity contribution in [3.8, 4) is 0 Å². The number of carboxylic acid groups (broad SMARTS) is 1. The Morgan fingerprint density at radius 2 is 1.74 bits per heavy atom. The van der Waals surface area contributed by atoms with Crippen LogP contribution in [-0.4, -0.2) is 53.1 Å². The molecule has 0 aromatic heterocycles. The van der Waals surface area contributed by atoms with Crippen molar-refractivity contribution in [2.75, 3.05) is 13.1 Å². The van der Waals surface area contributed by atoms with Crippen molar-refractivity contribution in [2.24, 2.45) is 0 Å². The Morgan fingerprint density at radius 1 is 1.16 bits per heavy atom. The quantitative estimate of drug-likeness (QED) is 0.625. The van der Waals surface area contributed by atoms with Gasteiger partial charge in [-0.25, -0.2) is 4.79 Å². The van der Waals surface area contributed by atoms with E-state index in [1.165, 1.54) is 4.90 Å². The molecule has 110 valence electrons. The number of nitrogens with zero attached hydrogens (tertiary/aromatic N) is 1. The third-order valence-electron chi connectivity index (χ3n) is 2.27. The minimum absolute atomic E-state index is 0.0161. The van der Waals surface area contributed by atoms with Crippen molar-refractivity contribution in [1.29, 1.82) is 0 Å². The highest BCUT2D eigenvalue weighted by molar-refractivity contribution is 5.87. The van der Waals surface area contributed by atoms with Crippen LogP contribution in [0, 0.1) is 0 Å². The highest BCUT2D eigenvalue weighted by Crippen LogP contribution is 1.95. The summed E-state index contributed by atoms with van der Waals surface area (Å²) in [6.45, 7) is 6.99. The predicted molar refractivity (Wildman–Crippen MR) is 70.8 cm³/mol. The maximum Gasteiger partial charge on any atom is 0.323 e. The molecule has 7 nitrogen and oxygen atoms in total. The van der Waals surface area contributed by atoms with Crippen LogP contribution in [0.25, 0.3) is 0 Å². The molecule has 0 heterocycles. The highest BCUT2D eigenvalue weighted by atomic mass is 16.4. The largest absolute Gasteiger partial charge is 0.480 e. The summed E-state index contributed by atoms with van der Waals surface area (Å²) >= 11 is 0. The number of hydrogen-bond acceptors (Lipinski definition) is 3. The van der Waals surface area contributed by atoms with E-state index < -0.39 is 18.0 Å². The molecule has 0 saturated heterocycles. The van der Waals surface area contributed by atoms with E-state index in [1.54, 1.807) is 6.92 Å². The minimum Gasteiger partial charge on any atom is -0.480 e. The third kappa shape index (κ3) is 7.28. The number of urea groups is 1. The van der Waals surface area contributed by atoms with Gasteiger partial charge in [-0.1, -0.05) is 6.92 Å². The summed E-state index contributed by atoms with van der Waals surface area (Å²) in [7, 11) is 0. The van der Waals surface area contributed by atoms with Gasteiger partial charge in [-0.2, -0.15) is 0 Å². The Balaban J connectivity index is 4.45. The van der Waals surface area contributed by atoms with Crippen LogP contribution in [0.4, 0.5) is 4.79 Å². The molecular weight excluding hydrogens is 250 g/mol. The molecule has 0 radical (unpaired) electrons. The van der Waals surface area contributed by atoms with E-state index in [0.29, 0.717) is 13.0 Å². The molecule has 1 atom stereocenters. The second-order valence-electron chi connectivity index (χ2n) is 4.65. The molecule has 0 aliphatic rings. The van der Waals surface area contributed by atoms with Gasteiger partial charge < -0.3 is 20.6 Å². The Kier molecular flexibility index (Phi) is 7.55. The van der Waals surface area contributed by atoms with Crippen LogP contribution >= 0.6 is 0 Å². The molecule has 0 aromatic carbocycles. The lowest BCUT2D eigenvalue weighted by Crippen LogP contribution is -2.52. The van der Waals surface area contributed by atoms with Crippen LogP contribution in [0.15, 0.2) is 0 Å². The maximum atomic E-state index is 11.8. The highest BCUT2D eigenvalue weighted by Gasteiger charge is 2.21. The first-order valence-electron chi connectivity index (χ1n) is 6.35. The number of aliphatic carboxylic acids is 1. The summed E-state index contributed by atoms with van der Waals surface area (Å²) < 4.78 is 0. The number of carboxylic acids is 1. The molecule has 7 heteroatoms. The number of rotatable bonds is 7. The summed E-state index contributed by atoms with van der Waals surface area (Å²) in [5.74, 6) is -1.38. The Hall–Kier alpha value is -1.79. The van der Waals surface area contributed by atoms with Crippen molar-refractivity contribution >= 4 is 17.9 Å². The van der Waals surface area contributed by atoms with Gasteiger partial charge in [-0.3, -0.25) is 9.59 Å². The average molecular weight is 273 g/mol. The maximum absolute atomic E-state index is 11.8. The van der Waals surface area contributed by atoms with Crippen molar-refractivity contribution in [2.45, 2.75) is 46.2 Å². The summed E-state index contributed by atoms with van der Waals surface area (Å²) in [6, 6.07) is -1.27. The van der Waals surface area contributed by atoms with Crippen LogP contribution in [0.5, 0.6) is 0 Å². The zero-order valence-corrected chi connectivity index (χ0v) is 11.9. The molecular formula is C12H23N3O4. The molecule has 0 aromatic rings. The first-order chi connectivity index (χ1) is 8.77. The van der Waals surface area contributed by atoms with Crippen molar-refractivity contribution in [3.05, 3.63) is 0 Å². The first-order valence-corrected chi connectivity index (χ1v) is 6.35. The number of nitrogens with one attached hydrogen (secondary N) is 2. The molecule has 0 aliphatic carbocycles. The van der Waals surface area contributed by atoms with E-state index >= 15 is 0 Å². The van der Waals surface area contributed by atoms with Crippen molar-refractivity contribution < 1.29 is 19.5 Å². The standard InChI is InChI=1S/C12H23N3O4/c1-5-6-15(7-10(16)17)12(19)14-9(4)11(18)13-8(2)3/h8-9H,5-7H2,1-4H3,(H,13,18)(H,14,19)(H,16,17). The summed E-state index contributed by atoms with van der Waals surface area (Å²) in [5, 5.41) is 13.9. The zero-order valence-electron chi connectivity index (χ0n) is 11.9. The van der Waals surface area contributed by atoms with Gasteiger partial charge in [0.15, 0.2) is 0 Å². The molecule has 0 bridgehead atoms. The van der Waals surface area contributed by atoms with E-state index in [9.17, 15) is 14.4 Å². The zero-order chi connectivity index (χ0) is 15.0. The summed E-state index contributed by atoms with van der Waals surface area (Å²) in [4.78, 5) is 35.3. The molecule has 0 saturated carbocycles. The van der Waals surface area contributed by atoms with Gasteiger partial charge in [0.2, 0.25) is 5.91 Å². The second kappa shape index (κ2) is 8.34. The lowest BCUT2D eigenvalue weighted by Gasteiger charge is -2.23. The number of amides is 3. The molecule has 1 unspecified atom stereocenters. The third-order valence-corrected chi connectivity index (χ3v) is 2.27. The monoisotopic (exact) mass is 273 g/mol. The Bertz CT molecular complexity index is 331. The van der Waals surface area contributed by atoms with Crippen molar-refractivity contribution in [1.82, 2.24) is 15.5 Å². The van der Waals surface area contributed by atoms with Crippen molar-refractivity contribution in [3.63, 3.8) is 0 Å². The lowest BCUT2D eigenvalue weighted by molar-refractivity contribution is -0.137. The SMILES string of the molecule is CCCN(CC(=O)O)C(=O)NC(C)C(=O)NC(C)C. The van der Waals surface area contributed by atoms with Gasteiger partial charge in [-0.15, -0.1) is 0 Å². The van der Waals surface area contributed by atoms with Crippen LogP contribution < -0.4 is 10.6 Å². The lowest BCUT2D eigenvalue weighted by atomic mass is 10.3. The number of hydrogen-bond donors (Lipinski definition) is 3. The van der Waals surface area contributed by atoms with Crippen LogP contribution in [0.2, 0.25) is 0 Å². The molecule has 0 fully saturated rings. The molecule has 19 heavy (non-hydrogen) atoms. The molecule has 0 spiro atoms. The fourth-order valence-electron chi connectivity index (χ4n) is 1.44. The van der Waals surface area contributed by atoms with E-state index in [-0.39, 0.29) is 18.5 Å². The Labute approximate surface area is 113 Å². The smallest absolute Gasteiger partial charge is 0.323 e. The van der Waals surface area contributed by atoms with E-state index in [0.717, 1.165) is 0 Å². The number of carbonyl (C=O) groups excluding carboxylic acids is 2. The fourth-order valence-corrected chi connectivity index (χ4v) is 1.44. The van der Waals surface area contributed by atoms with Gasteiger partial charge in [0, 0.05) is 12.6 Å². The molecule has 0 aliphatic heterocycles. The number of carbonyl (C=O) groups is 3. The molecule has 0 rings (SSSR count). The summed E-state index contributed by atoms with van der Waals surface area (Å²) in [6.07, 6.45) is 0.646. The van der Waals surface area contributed by atoms with Gasteiger partial charge in [0.05, 0.1) is 0 Å². The van der Waals surface area contributed by atoms with Crippen LogP contribution in [0.3, 0.4) is 0 Å². The topological polar surface area (TPSA) is 98.7 Å². The van der Waals surface area contributed by atoms with Crippen LogP contribution in [0.1, 0.15) is 34.1 Å². The second-order valence-corrected chi connectivity index (χ2v) is 4.65. The fraction of sp³-hybridized carbons (Fsp3) is 0.750. The summed E-state index contributed by atoms with van der Waals surface area (Å²) in [5.41, 5.74) is 0. The molecule has 3 amide bonds. The van der Waals surface area contributed by atoms with E-state index in [1.807, 2.05) is 20.8 Å². The van der Waals surface area contributed by atoms with Gasteiger partial charge in [0.25, 0.3) is 0 Å². The van der Waals surface area contributed by atoms with Gasteiger partial charge in [-0.05, 0) is 27.2 Å². The minimum atomic E-state index is -1.08. The Morgan fingerprint density at radius 3 is 2.16 bits per heavy atom. The van der Waals surface area contributed by atoms with Gasteiger partial charge in [0.1, 0.15) is 12.6 Å². The van der Waals surface area contributed by atoms with Crippen LogP contribution in [-0.2, 0) is 9.59 Å². The molecule has 3 N–H and O–H groups in total. The van der Waals surface area contributed by atoms with E-state index in [4.69, 9.17) is 5.11 Å². The normalized spacial score (nSPS) is 11.8. The van der Waals surface area contributed by atoms with Gasteiger partial charge >= 0.3 is 12.0 Å². The average Bonchev–Trinajstić information content (AvgIpc) is 2.26.